The van der Waals surface area contributed by atoms with Crippen LogP contribution >= 0.6 is 0 Å². The molecule has 0 bridgehead atoms. The third-order valence-corrected chi connectivity index (χ3v) is 3.96. The van der Waals surface area contributed by atoms with Gasteiger partial charge in [-0.15, -0.1) is 0 Å². The number of carbonyl (C=O) groups excluding carboxylic acids is 1. The third kappa shape index (κ3) is 2.31. The number of carbonyl (C=O) groups is 1. The Balaban J connectivity index is 1.76. The summed E-state index contributed by atoms with van der Waals surface area (Å²) in [5, 5.41) is 9.52. The van der Waals surface area contributed by atoms with Gasteiger partial charge in [0.15, 0.2) is 0 Å². The first kappa shape index (κ1) is 12.4. The monoisotopic (exact) mass is 262 g/mol. The van der Waals surface area contributed by atoms with Crippen LogP contribution < -0.4 is 5.73 Å². The van der Waals surface area contributed by atoms with E-state index in [4.69, 9.17) is 10.5 Å². The van der Waals surface area contributed by atoms with Crippen LogP contribution in [0.25, 0.3) is 0 Å². The minimum atomic E-state index is -0.223. The molecule has 5 heteroatoms. The van der Waals surface area contributed by atoms with Crippen LogP contribution in [0.5, 0.6) is 5.75 Å². The van der Waals surface area contributed by atoms with Gasteiger partial charge in [0, 0.05) is 19.1 Å². The van der Waals surface area contributed by atoms with Crippen molar-refractivity contribution < 1.29 is 14.6 Å². The summed E-state index contributed by atoms with van der Waals surface area (Å²) in [6.45, 7) is 2.14. The first-order valence-corrected chi connectivity index (χ1v) is 6.58. The second kappa shape index (κ2) is 4.83. The molecule has 2 unspecified atom stereocenters. The van der Waals surface area contributed by atoms with E-state index < -0.39 is 0 Å². The molecule has 3 rings (SSSR count). The molecule has 0 spiro atoms. The highest BCUT2D eigenvalue weighted by atomic mass is 16.5. The van der Waals surface area contributed by atoms with Crippen molar-refractivity contribution >= 4 is 5.91 Å². The average molecular weight is 262 g/mol. The first-order chi connectivity index (χ1) is 9.15. The van der Waals surface area contributed by atoms with Gasteiger partial charge in [0.1, 0.15) is 5.75 Å². The number of nitrogens with two attached hydrogens (primary N) is 1. The zero-order valence-corrected chi connectivity index (χ0v) is 10.7. The number of amides is 1. The normalized spacial score (nSPS) is 26.3. The molecular formula is C14H18N2O3. The van der Waals surface area contributed by atoms with Crippen molar-refractivity contribution in [1.29, 1.82) is 0 Å². The number of benzene rings is 1. The highest BCUT2D eigenvalue weighted by Gasteiger charge is 2.35. The lowest BCUT2D eigenvalue weighted by atomic mass is 9.96. The van der Waals surface area contributed by atoms with Crippen LogP contribution in [0.3, 0.4) is 0 Å². The van der Waals surface area contributed by atoms with Crippen molar-refractivity contribution in [2.75, 3.05) is 19.8 Å². The van der Waals surface area contributed by atoms with E-state index in [-0.39, 0.29) is 23.6 Å². The van der Waals surface area contributed by atoms with Crippen LogP contribution in [0.4, 0.5) is 0 Å². The molecule has 1 saturated heterocycles. The van der Waals surface area contributed by atoms with E-state index in [9.17, 15) is 9.90 Å². The van der Waals surface area contributed by atoms with Crippen molar-refractivity contribution in [1.82, 2.24) is 4.90 Å². The minimum absolute atomic E-state index is 0.0685. The Bertz CT molecular complexity index is 503. The van der Waals surface area contributed by atoms with Crippen molar-refractivity contribution in [3.63, 3.8) is 0 Å². The van der Waals surface area contributed by atoms with E-state index in [1.165, 1.54) is 5.56 Å². The van der Waals surface area contributed by atoms with E-state index in [1.807, 2.05) is 11.0 Å². The van der Waals surface area contributed by atoms with Crippen LogP contribution in [0.15, 0.2) is 18.2 Å². The molecule has 1 aromatic rings. The molecule has 2 aliphatic heterocycles. The summed E-state index contributed by atoms with van der Waals surface area (Å²) in [6, 6.07) is 5.16. The van der Waals surface area contributed by atoms with Gasteiger partial charge < -0.3 is 20.5 Å². The number of ether oxygens (including phenoxy) is 1. The van der Waals surface area contributed by atoms with Crippen LogP contribution in [0.2, 0.25) is 0 Å². The molecule has 1 amide bonds. The van der Waals surface area contributed by atoms with E-state index in [0.717, 1.165) is 12.0 Å². The third-order valence-electron chi connectivity index (χ3n) is 3.96. The van der Waals surface area contributed by atoms with Crippen LogP contribution in [0.1, 0.15) is 11.1 Å². The summed E-state index contributed by atoms with van der Waals surface area (Å²) in [7, 11) is 0. The molecule has 5 nitrogen and oxygen atoms in total. The maximum atomic E-state index is 12.4. The fourth-order valence-electron chi connectivity index (χ4n) is 2.79. The van der Waals surface area contributed by atoms with E-state index in [2.05, 4.69) is 0 Å². The number of aromatic hydroxyl groups is 1. The summed E-state index contributed by atoms with van der Waals surface area (Å²) in [5.74, 6) is 0.0896. The van der Waals surface area contributed by atoms with Crippen molar-refractivity contribution in [3.05, 3.63) is 29.3 Å². The number of hydrogen-bond donors (Lipinski definition) is 2. The van der Waals surface area contributed by atoms with Crippen LogP contribution in [0, 0.1) is 5.92 Å². The topological polar surface area (TPSA) is 75.8 Å². The average Bonchev–Trinajstić information content (AvgIpc) is 2.83. The van der Waals surface area contributed by atoms with Crippen molar-refractivity contribution in [2.24, 2.45) is 11.7 Å². The maximum Gasteiger partial charge on any atom is 0.229 e. The van der Waals surface area contributed by atoms with Gasteiger partial charge in [-0.1, -0.05) is 6.07 Å². The lowest BCUT2D eigenvalue weighted by Crippen LogP contribution is -2.45. The molecule has 2 heterocycles. The number of rotatable bonds is 1. The Kier molecular flexibility index (Phi) is 3.16. The Labute approximate surface area is 112 Å². The van der Waals surface area contributed by atoms with Gasteiger partial charge in [-0.2, -0.15) is 0 Å². The summed E-state index contributed by atoms with van der Waals surface area (Å²) in [6.07, 6.45) is 0.824. The highest BCUT2D eigenvalue weighted by molar-refractivity contribution is 5.80. The Hall–Kier alpha value is -1.59. The fourth-order valence-corrected chi connectivity index (χ4v) is 2.79. The quantitative estimate of drug-likeness (QED) is 0.760. The lowest BCUT2D eigenvalue weighted by Gasteiger charge is -2.31. The van der Waals surface area contributed by atoms with Gasteiger partial charge >= 0.3 is 0 Å². The summed E-state index contributed by atoms with van der Waals surface area (Å²) < 4.78 is 5.26. The second-order valence-electron chi connectivity index (χ2n) is 5.27. The molecule has 2 atom stereocenters. The molecule has 2 aliphatic rings. The Morgan fingerprint density at radius 1 is 1.37 bits per heavy atom. The molecule has 1 fully saturated rings. The van der Waals surface area contributed by atoms with Crippen LogP contribution in [-0.2, 0) is 22.5 Å². The highest BCUT2D eigenvalue weighted by Crippen LogP contribution is 2.25. The number of fused-ring (bicyclic) bond motifs is 1. The standard InChI is InChI=1S/C14H18N2O3/c15-13-8-19-7-12(13)14(18)16-4-3-9-1-2-11(17)5-10(9)6-16/h1-2,5,12-13,17H,3-4,6-8,15H2. The second-order valence-corrected chi connectivity index (χ2v) is 5.27. The molecular weight excluding hydrogens is 244 g/mol. The van der Waals surface area contributed by atoms with E-state index >= 15 is 0 Å². The van der Waals surface area contributed by atoms with Crippen molar-refractivity contribution in [3.8, 4) is 5.75 Å². The molecule has 19 heavy (non-hydrogen) atoms. The van der Waals surface area contributed by atoms with Crippen LogP contribution in [-0.4, -0.2) is 41.7 Å². The number of phenols is 1. The lowest BCUT2D eigenvalue weighted by molar-refractivity contribution is -0.136. The predicted octanol–water partition coefficient (Wildman–Crippen LogP) is 0.251. The number of hydrogen-bond acceptors (Lipinski definition) is 4. The number of nitrogens with zero attached hydrogens (tertiary/aromatic N) is 1. The molecule has 0 saturated carbocycles. The molecule has 1 aromatic carbocycles. The minimum Gasteiger partial charge on any atom is -0.508 e. The maximum absolute atomic E-state index is 12.4. The fraction of sp³-hybridized carbons (Fsp3) is 0.500. The molecule has 0 radical (unpaired) electrons. The molecule has 0 aliphatic carbocycles. The van der Waals surface area contributed by atoms with Gasteiger partial charge in [-0.05, 0) is 29.7 Å². The van der Waals surface area contributed by atoms with Gasteiger partial charge in [0.2, 0.25) is 5.91 Å². The largest absolute Gasteiger partial charge is 0.508 e. The Morgan fingerprint density at radius 2 is 2.21 bits per heavy atom. The van der Waals surface area contributed by atoms with Gasteiger partial charge in [0.25, 0.3) is 0 Å². The summed E-state index contributed by atoms with van der Waals surface area (Å²) in [4.78, 5) is 14.2. The SMILES string of the molecule is NC1COCC1C(=O)N1CCc2ccc(O)cc2C1. The van der Waals surface area contributed by atoms with Gasteiger partial charge in [-0.3, -0.25) is 4.79 Å². The first-order valence-electron chi connectivity index (χ1n) is 6.58. The predicted molar refractivity (Wildman–Crippen MR) is 69.5 cm³/mol. The smallest absolute Gasteiger partial charge is 0.229 e. The molecule has 102 valence electrons. The van der Waals surface area contributed by atoms with Crippen molar-refractivity contribution in [2.45, 2.75) is 19.0 Å². The molecule has 3 N–H and O–H groups in total. The molecule has 0 aromatic heterocycles. The Morgan fingerprint density at radius 3 is 2.95 bits per heavy atom. The van der Waals surface area contributed by atoms with E-state index in [0.29, 0.717) is 26.3 Å². The zero-order valence-electron chi connectivity index (χ0n) is 10.7. The zero-order chi connectivity index (χ0) is 13.4. The summed E-state index contributed by atoms with van der Waals surface area (Å²) in [5.41, 5.74) is 8.12. The van der Waals surface area contributed by atoms with Gasteiger partial charge in [-0.25, -0.2) is 0 Å². The van der Waals surface area contributed by atoms with Gasteiger partial charge in [0.05, 0.1) is 19.1 Å². The van der Waals surface area contributed by atoms with E-state index in [1.54, 1.807) is 12.1 Å². The summed E-state index contributed by atoms with van der Waals surface area (Å²) >= 11 is 0. The number of phenolic OH excluding ortho intramolecular Hbond substituents is 1.